The number of allylic oxidation sites excluding steroid dienone is 2. The summed E-state index contributed by atoms with van der Waals surface area (Å²) in [5.74, 6) is -0.802. The molecule has 1 heterocycles. The van der Waals surface area contributed by atoms with E-state index in [0.29, 0.717) is 45.4 Å². The second kappa shape index (κ2) is 7.77. The Hall–Kier alpha value is -2.70. The van der Waals surface area contributed by atoms with Gasteiger partial charge in [-0.3, -0.25) is 24.6 Å². The summed E-state index contributed by atoms with van der Waals surface area (Å²) < 4.78 is 0. The van der Waals surface area contributed by atoms with Gasteiger partial charge in [0.05, 0.1) is 15.6 Å². The van der Waals surface area contributed by atoms with E-state index in [4.69, 9.17) is 23.2 Å². The molecule has 0 saturated heterocycles. The van der Waals surface area contributed by atoms with Gasteiger partial charge in [0.15, 0.2) is 5.78 Å². The molecule has 0 radical (unpaired) electrons. The molecule has 0 aromatic heterocycles. The highest BCUT2D eigenvalue weighted by atomic mass is 35.5. The minimum Gasteiger partial charge on any atom is -0.294 e. The van der Waals surface area contributed by atoms with Gasteiger partial charge in [0.25, 0.3) is 5.69 Å². The molecule has 160 valence electrons. The van der Waals surface area contributed by atoms with E-state index in [2.05, 4.69) is 0 Å². The number of nitro groups is 1. The van der Waals surface area contributed by atoms with Gasteiger partial charge in [0, 0.05) is 47.2 Å². The SMILES string of the molecule is CC1(C)CC(=O)C2=C(C1)N(c1ccc(Cl)cc1Cl)C(=O)CC2c1cccc([N+](=O)[O-])c1. The minimum atomic E-state index is -0.534. The fraction of sp³-hybridized carbons (Fsp3) is 0.304. The zero-order valence-electron chi connectivity index (χ0n) is 17.0. The minimum absolute atomic E-state index is 0.0190. The van der Waals surface area contributed by atoms with Crippen LogP contribution in [0.15, 0.2) is 53.7 Å². The normalized spacial score (nSPS) is 20.6. The zero-order valence-corrected chi connectivity index (χ0v) is 18.5. The molecular weight excluding hydrogens is 439 g/mol. The third-order valence-corrected chi connectivity index (χ3v) is 6.31. The summed E-state index contributed by atoms with van der Waals surface area (Å²) in [6, 6.07) is 11.0. The summed E-state index contributed by atoms with van der Waals surface area (Å²) in [5, 5.41) is 12.0. The van der Waals surface area contributed by atoms with Crippen LogP contribution in [-0.4, -0.2) is 16.6 Å². The van der Waals surface area contributed by atoms with Crippen molar-refractivity contribution < 1.29 is 14.5 Å². The number of carbonyl (C=O) groups excluding carboxylic acids is 2. The van der Waals surface area contributed by atoms with Crippen molar-refractivity contribution in [3.63, 3.8) is 0 Å². The lowest BCUT2D eigenvalue weighted by atomic mass is 9.69. The van der Waals surface area contributed by atoms with Crippen molar-refractivity contribution in [3.8, 4) is 0 Å². The first-order valence-electron chi connectivity index (χ1n) is 9.86. The number of non-ortho nitro benzene ring substituents is 1. The molecule has 1 aliphatic carbocycles. The van der Waals surface area contributed by atoms with Gasteiger partial charge in [-0.25, -0.2) is 0 Å². The standard InChI is InChI=1S/C23H20Cl2N2O4/c1-23(2)11-19-22(20(28)12-23)16(13-4-3-5-15(8-13)27(30)31)10-21(29)26(19)18-7-6-14(24)9-17(18)25/h3-9,16H,10-12H2,1-2H3. The maximum Gasteiger partial charge on any atom is 0.269 e. The van der Waals surface area contributed by atoms with Crippen LogP contribution in [0.3, 0.4) is 0 Å². The number of ketones is 1. The number of halogens is 2. The smallest absolute Gasteiger partial charge is 0.269 e. The van der Waals surface area contributed by atoms with Crippen molar-refractivity contribution >= 4 is 46.3 Å². The van der Waals surface area contributed by atoms with Crippen LogP contribution in [0.4, 0.5) is 11.4 Å². The van der Waals surface area contributed by atoms with Gasteiger partial charge >= 0.3 is 0 Å². The van der Waals surface area contributed by atoms with Gasteiger partial charge in [0.2, 0.25) is 5.91 Å². The predicted octanol–water partition coefficient (Wildman–Crippen LogP) is 6.07. The summed E-state index contributed by atoms with van der Waals surface area (Å²) in [5.41, 5.74) is 1.80. The summed E-state index contributed by atoms with van der Waals surface area (Å²) in [7, 11) is 0. The van der Waals surface area contributed by atoms with Crippen LogP contribution >= 0.6 is 23.2 Å². The number of Topliss-reactive ketones (excluding diaryl/α,β-unsaturated/α-hetero) is 1. The highest BCUT2D eigenvalue weighted by Gasteiger charge is 2.44. The van der Waals surface area contributed by atoms with E-state index in [1.54, 1.807) is 30.3 Å². The number of amides is 1. The second-order valence-electron chi connectivity index (χ2n) is 8.74. The summed E-state index contributed by atoms with van der Waals surface area (Å²) >= 11 is 12.4. The summed E-state index contributed by atoms with van der Waals surface area (Å²) in [4.78, 5) is 39.0. The van der Waals surface area contributed by atoms with Crippen LogP contribution in [0.1, 0.15) is 44.6 Å². The van der Waals surface area contributed by atoms with Crippen LogP contribution in [-0.2, 0) is 9.59 Å². The zero-order chi connectivity index (χ0) is 22.5. The van der Waals surface area contributed by atoms with Gasteiger partial charge in [-0.05, 0) is 35.6 Å². The molecule has 0 N–H and O–H groups in total. The quantitative estimate of drug-likeness (QED) is 0.413. The topological polar surface area (TPSA) is 80.5 Å². The van der Waals surface area contributed by atoms with E-state index >= 15 is 0 Å². The fourth-order valence-corrected chi connectivity index (χ4v) is 4.99. The van der Waals surface area contributed by atoms with Gasteiger partial charge in [-0.1, -0.05) is 49.2 Å². The third kappa shape index (κ3) is 3.98. The lowest BCUT2D eigenvalue weighted by molar-refractivity contribution is -0.384. The highest BCUT2D eigenvalue weighted by Crippen LogP contribution is 2.49. The van der Waals surface area contributed by atoms with Crippen LogP contribution < -0.4 is 4.90 Å². The van der Waals surface area contributed by atoms with Crippen LogP contribution in [0, 0.1) is 15.5 Å². The van der Waals surface area contributed by atoms with Gasteiger partial charge in [-0.15, -0.1) is 0 Å². The number of hydrogen-bond acceptors (Lipinski definition) is 4. The molecule has 2 aliphatic rings. The van der Waals surface area contributed by atoms with Gasteiger partial charge in [0.1, 0.15) is 0 Å². The maximum atomic E-state index is 13.4. The van der Waals surface area contributed by atoms with Crippen molar-refractivity contribution in [1.29, 1.82) is 0 Å². The van der Waals surface area contributed by atoms with Crippen molar-refractivity contribution in [2.24, 2.45) is 5.41 Å². The molecule has 1 unspecified atom stereocenters. The molecular formula is C23H20Cl2N2O4. The lowest BCUT2D eigenvalue weighted by Gasteiger charge is -2.43. The second-order valence-corrected chi connectivity index (χ2v) is 9.58. The number of anilines is 1. The average molecular weight is 459 g/mol. The van der Waals surface area contributed by atoms with Gasteiger partial charge < -0.3 is 0 Å². The molecule has 1 aliphatic heterocycles. The monoisotopic (exact) mass is 458 g/mol. The average Bonchev–Trinajstić information content (AvgIpc) is 2.67. The fourth-order valence-electron chi connectivity index (χ4n) is 4.50. The largest absolute Gasteiger partial charge is 0.294 e. The molecule has 6 nitrogen and oxygen atoms in total. The number of nitrogens with zero attached hydrogens (tertiary/aromatic N) is 2. The lowest BCUT2D eigenvalue weighted by Crippen LogP contribution is -2.43. The summed E-state index contributed by atoms with van der Waals surface area (Å²) in [6.07, 6.45) is 0.864. The van der Waals surface area contributed by atoms with E-state index < -0.39 is 10.8 Å². The molecule has 1 atom stereocenters. The number of nitro benzene ring substituents is 1. The molecule has 2 aromatic carbocycles. The number of rotatable bonds is 3. The van der Waals surface area contributed by atoms with Crippen molar-refractivity contribution in [1.82, 2.24) is 0 Å². The number of benzene rings is 2. The Labute approximate surface area is 189 Å². The summed E-state index contributed by atoms with van der Waals surface area (Å²) in [6.45, 7) is 3.97. The molecule has 4 rings (SSSR count). The van der Waals surface area contributed by atoms with Gasteiger partial charge in [-0.2, -0.15) is 0 Å². The van der Waals surface area contributed by atoms with Crippen molar-refractivity contribution in [2.75, 3.05) is 4.90 Å². The van der Waals surface area contributed by atoms with Crippen LogP contribution in [0.5, 0.6) is 0 Å². The third-order valence-electron chi connectivity index (χ3n) is 5.78. The molecule has 0 spiro atoms. The molecule has 0 fully saturated rings. The van der Waals surface area contributed by atoms with E-state index in [-0.39, 0.29) is 29.2 Å². The molecule has 8 heteroatoms. The molecule has 0 bridgehead atoms. The molecule has 2 aromatic rings. The molecule has 1 amide bonds. The first-order chi connectivity index (χ1) is 14.6. The highest BCUT2D eigenvalue weighted by molar-refractivity contribution is 6.37. The Morgan fingerprint density at radius 3 is 2.52 bits per heavy atom. The Balaban J connectivity index is 1.92. The van der Waals surface area contributed by atoms with Crippen molar-refractivity contribution in [3.05, 3.63) is 79.5 Å². The number of carbonyl (C=O) groups is 2. The molecule has 0 saturated carbocycles. The number of hydrogen-bond donors (Lipinski definition) is 0. The van der Waals surface area contributed by atoms with E-state index in [1.807, 2.05) is 13.8 Å². The van der Waals surface area contributed by atoms with Crippen LogP contribution in [0.25, 0.3) is 0 Å². The van der Waals surface area contributed by atoms with E-state index in [9.17, 15) is 19.7 Å². The Morgan fingerprint density at radius 1 is 1.10 bits per heavy atom. The molecule has 31 heavy (non-hydrogen) atoms. The first-order valence-corrected chi connectivity index (χ1v) is 10.6. The van der Waals surface area contributed by atoms with E-state index in [1.165, 1.54) is 17.0 Å². The Kier molecular flexibility index (Phi) is 5.40. The van der Waals surface area contributed by atoms with Crippen LogP contribution in [0.2, 0.25) is 10.0 Å². The van der Waals surface area contributed by atoms with Crippen molar-refractivity contribution in [2.45, 2.75) is 39.0 Å². The first kappa shape index (κ1) is 21.5. The van der Waals surface area contributed by atoms with E-state index in [0.717, 1.165) is 0 Å². The maximum absolute atomic E-state index is 13.4. The Morgan fingerprint density at radius 2 is 1.84 bits per heavy atom. The Bertz CT molecular complexity index is 1160. The predicted molar refractivity (Wildman–Crippen MR) is 119 cm³/mol.